The van der Waals surface area contributed by atoms with Gasteiger partial charge < -0.3 is 9.47 Å². The maximum atomic E-state index is 11.7. The van der Waals surface area contributed by atoms with Crippen LogP contribution in [0.4, 0.5) is 4.79 Å². The number of carbonyl (C=O) groups excluding carboxylic acids is 1. The van der Waals surface area contributed by atoms with Gasteiger partial charge in [0.05, 0.1) is 13.2 Å². The van der Waals surface area contributed by atoms with Crippen LogP contribution in [0.3, 0.4) is 0 Å². The largest absolute Gasteiger partial charge is 0.508 e. The van der Waals surface area contributed by atoms with E-state index in [1.54, 1.807) is 0 Å². The van der Waals surface area contributed by atoms with Crippen molar-refractivity contribution in [3.8, 4) is 0 Å². The molecule has 0 heterocycles. The first-order chi connectivity index (χ1) is 13.7. The second kappa shape index (κ2) is 12.6. The summed E-state index contributed by atoms with van der Waals surface area (Å²) in [6.07, 6.45) is 6.61. The second-order valence-electron chi connectivity index (χ2n) is 6.74. The molecule has 0 saturated heterocycles. The summed E-state index contributed by atoms with van der Waals surface area (Å²) >= 11 is 0. The third-order valence-corrected chi connectivity index (χ3v) is 4.78. The molecule has 2 atom stereocenters. The third-order valence-electron chi connectivity index (χ3n) is 4.78. The number of ether oxygens (including phenoxy) is 2. The summed E-state index contributed by atoms with van der Waals surface area (Å²) in [5, 5.41) is 0. The molecule has 3 heteroatoms. The smallest absolute Gasteiger partial charge is 0.434 e. The van der Waals surface area contributed by atoms with Crippen molar-refractivity contribution < 1.29 is 14.3 Å². The van der Waals surface area contributed by atoms with E-state index in [1.165, 1.54) is 11.1 Å². The van der Waals surface area contributed by atoms with E-state index in [9.17, 15) is 4.79 Å². The number of benzene rings is 2. The average molecular weight is 379 g/mol. The predicted octanol–water partition coefficient (Wildman–Crippen LogP) is 6.64. The zero-order valence-corrected chi connectivity index (χ0v) is 16.5. The molecule has 2 aromatic rings. The molecule has 0 bridgehead atoms. The van der Waals surface area contributed by atoms with E-state index in [0.717, 1.165) is 25.7 Å². The Morgan fingerprint density at radius 2 is 1.14 bits per heavy atom. The summed E-state index contributed by atoms with van der Waals surface area (Å²) in [7, 11) is 0. The fourth-order valence-corrected chi connectivity index (χ4v) is 3.20. The van der Waals surface area contributed by atoms with Crippen molar-refractivity contribution in [3.63, 3.8) is 0 Å². The van der Waals surface area contributed by atoms with Crippen molar-refractivity contribution in [3.05, 3.63) is 97.1 Å². The summed E-state index contributed by atoms with van der Waals surface area (Å²) < 4.78 is 10.4. The normalized spacial score (nSPS) is 12.6. The molecule has 0 aliphatic heterocycles. The van der Waals surface area contributed by atoms with Crippen LogP contribution in [0.1, 0.15) is 48.6 Å². The number of carbonyl (C=O) groups is 1. The second-order valence-corrected chi connectivity index (χ2v) is 6.74. The summed E-state index contributed by atoms with van der Waals surface area (Å²) in [5.41, 5.74) is 2.46. The fraction of sp³-hybridized carbons (Fsp3) is 0.320. The van der Waals surface area contributed by atoms with E-state index in [-0.39, 0.29) is 11.8 Å². The summed E-state index contributed by atoms with van der Waals surface area (Å²) in [5.74, 6) is 0.546. The van der Waals surface area contributed by atoms with Gasteiger partial charge in [-0.2, -0.15) is 0 Å². The van der Waals surface area contributed by atoms with Crippen molar-refractivity contribution in [2.24, 2.45) is 0 Å². The molecule has 3 nitrogen and oxygen atoms in total. The lowest BCUT2D eigenvalue weighted by molar-refractivity contribution is 0.0528. The van der Waals surface area contributed by atoms with Crippen LogP contribution in [-0.4, -0.2) is 19.4 Å². The zero-order valence-electron chi connectivity index (χ0n) is 16.5. The lowest BCUT2D eigenvalue weighted by Gasteiger charge is -2.14. The standard InChI is InChI=1S/C25H30O3/c1-3-21(23-13-7-5-8-14-23)17-11-19-27-25(26)28-20-12-18-22(4-2)24-15-9-6-10-16-24/h3-10,13-16,21-22H,1-2,11-12,17-20H2. The van der Waals surface area contributed by atoms with Gasteiger partial charge in [-0.15, -0.1) is 13.2 Å². The highest BCUT2D eigenvalue weighted by Gasteiger charge is 2.10. The number of hydrogen-bond acceptors (Lipinski definition) is 3. The van der Waals surface area contributed by atoms with Gasteiger partial charge in [-0.25, -0.2) is 4.79 Å². The number of rotatable bonds is 12. The Labute approximate surface area is 168 Å². The van der Waals surface area contributed by atoms with Crippen molar-refractivity contribution >= 4 is 6.16 Å². The molecule has 2 rings (SSSR count). The summed E-state index contributed by atoms with van der Waals surface area (Å²) in [6, 6.07) is 20.5. The molecule has 0 aliphatic rings. The first-order valence-electron chi connectivity index (χ1n) is 9.89. The molecule has 0 fully saturated rings. The molecule has 0 N–H and O–H groups in total. The van der Waals surface area contributed by atoms with Gasteiger partial charge in [-0.05, 0) is 36.8 Å². The minimum Gasteiger partial charge on any atom is -0.434 e. The minimum atomic E-state index is -0.593. The van der Waals surface area contributed by atoms with Gasteiger partial charge in [0.25, 0.3) is 0 Å². The van der Waals surface area contributed by atoms with Gasteiger partial charge in [0.15, 0.2) is 0 Å². The van der Waals surface area contributed by atoms with Crippen molar-refractivity contribution in [2.45, 2.75) is 37.5 Å². The maximum absolute atomic E-state index is 11.7. The maximum Gasteiger partial charge on any atom is 0.508 e. The van der Waals surface area contributed by atoms with E-state index in [1.807, 2.05) is 48.6 Å². The lowest BCUT2D eigenvalue weighted by Crippen LogP contribution is -2.10. The van der Waals surface area contributed by atoms with Crippen LogP contribution >= 0.6 is 0 Å². The first kappa shape index (κ1) is 21.5. The van der Waals surface area contributed by atoms with Crippen molar-refractivity contribution in [2.75, 3.05) is 13.2 Å². The van der Waals surface area contributed by atoms with E-state index in [2.05, 4.69) is 37.4 Å². The van der Waals surface area contributed by atoms with E-state index >= 15 is 0 Å². The van der Waals surface area contributed by atoms with E-state index in [0.29, 0.717) is 13.2 Å². The van der Waals surface area contributed by atoms with Crippen LogP contribution in [-0.2, 0) is 9.47 Å². The van der Waals surface area contributed by atoms with Crippen LogP contribution in [0, 0.1) is 0 Å². The monoisotopic (exact) mass is 378 g/mol. The Balaban J connectivity index is 1.58. The Hall–Kier alpha value is -2.81. The molecule has 0 aromatic heterocycles. The Morgan fingerprint density at radius 1 is 0.750 bits per heavy atom. The number of hydrogen-bond donors (Lipinski definition) is 0. The molecule has 0 spiro atoms. The van der Waals surface area contributed by atoms with Gasteiger partial charge in [-0.3, -0.25) is 0 Å². The Morgan fingerprint density at radius 3 is 1.50 bits per heavy atom. The molecular formula is C25H30O3. The molecule has 2 unspecified atom stereocenters. The molecule has 0 radical (unpaired) electrons. The van der Waals surface area contributed by atoms with Crippen molar-refractivity contribution in [1.82, 2.24) is 0 Å². The van der Waals surface area contributed by atoms with Gasteiger partial charge >= 0.3 is 6.16 Å². The van der Waals surface area contributed by atoms with E-state index in [4.69, 9.17) is 9.47 Å². The topological polar surface area (TPSA) is 35.5 Å². The fourth-order valence-electron chi connectivity index (χ4n) is 3.20. The van der Waals surface area contributed by atoms with E-state index < -0.39 is 6.16 Å². The SMILES string of the molecule is C=CC(CCCOC(=O)OCCCC(C=C)c1ccccc1)c1ccccc1. The minimum absolute atomic E-state index is 0.273. The predicted molar refractivity (Wildman–Crippen MR) is 115 cm³/mol. The van der Waals surface area contributed by atoms with Crippen LogP contribution < -0.4 is 0 Å². The Bertz CT molecular complexity index is 648. The quantitative estimate of drug-likeness (QED) is 0.236. The molecule has 28 heavy (non-hydrogen) atoms. The van der Waals surface area contributed by atoms with Crippen LogP contribution in [0.2, 0.25) is 0 Å². The Kier molecular flexibility index (Phi) is 9.64. The van der Waals surface area contributed by atoms with Gasteiger partial charge in [-0.1, -0.05) is 72.8 Å². The highest BCUT2D eigenvalue weighted by molar-refractivity contribution is 5.59. The van der Waals surface area contributed by atoms with Gasteiger partial charge in [0, 0.05) is 11.8 Å². The first-order valence-corrected chi connectivity index (χ1v) is 9.89. The average Bonchev–Trinajstić information content (AvgIpc) is 2.75. The molecule has 0 aliphatic carbocycles. The van der Waals surface area contributed by atoms with Crippen LogP contribution in [0.5, 0.6) is 0 Å². The van der Waals surface area contributed by atoms with Gasteiger partial charge in [0.2, 0.25) is 0 Å². The highest BCUT2D eigenvalue weighted by Crippen LogP contribution is 2.23. The molecule has 0 amide bonds. The number of allylic oxidation sites excluding steroid dienone is 2. The zero-order chi connectivity index (χ0) is 20.0. The van der Waals surface area contributed by atoms with Crippen LogP contribution in [0.15, 0.2) is 86.0 Å². The highest BCUT2D eigenvalue weighted by atomic mass is 16.7. The summed E-state index contributed by atoms with van der Waals surface area (Å²) in [4.78, 5) is 11.7. The molecule has 148 valence electrons. The molecular weight excluding hydrogens is 348 g/mol. The molecule has 2 aromatic carbocycles. The van der Waals surface area contributed by atoms with Crippen LogP contribution in [0.25, 0.3) is 0 Å². The summed E-state index contributed by atoms with van der Waals surface area (Å²) in [6.45, 7) is 8.52. The van der Waals surface area contributed by atoms with Gasteiger partial charge in [0.1, 0.15) is 0 Å². The lowest BCUT2D eigenvalue weighted by atomic mass is 9.95. The molecule has 0 saturated carbocycles. The van der Waals surface area contributed by atoms with Crippen molar-refractivity contribution in [1.29, 1.82) is 0 Å². The third kappa shape index (κ3) is 7.43.